The first kappa shape index (κ1) is 17.6. The van der Waals surface area contributed by atoms with Gasteiger partial charge in [0.25, 0.3) is 0 Å². The molecule has 0 heterocycles. The second kappa shape index (κ2) is 9.40. The lowest BCUT2D eigenvalue weighted by Crippen LogP contribution is -2.02. The summed E-state index contributed by atoms with van der Waals surface area (Å²) in [6, 6.07) is 15.1. The van der Waals surface area contributed by atoms with E-state index in [2.05, 4.69) is 12.1 Å². The average molecular weight is 326 g/mol. The summed E-state index contributed by atoms with van der Waals surface area (Å²) in [6.45, 7) is 0.412. The number of aromatic hydroxyl groups is 1. The molecule has 2 aromatic carbocycles. The van der Waals surface area contributed by atoms with E-state index in [-0.39, 0.29) is 11.7 Å². The lowest BCUT2D eigenvalue weighted by molar-refractivity contribution is -0.137. The van der Waals surface area contributed by atoms with E-state index in [4.69, 9.17) is 9.47 Å². The molecule has 0 unspecified atom stereocenters. The summed E-state index contributed by atoms with van der Waals surface area (Å²) in [7, 11) is 1.48. The number of carbonyl (C=O) groups excluding carboxylic acids is 1. The van der Waals surface area contributed by atoms with Gasteiger partial charge in [-0.15, -0.1) is 0 Å². The van der Waals surface area contributed by atoms with Crippen molar-refractivity contribution < 1.29 is 19.4 Å². The molecule has 2 aromatic rings. The molecule has 0 fully saturated rings. The van der Waals surface area contributed by atoms with Crippen molar-refractivity contribution in [2.75, 3.05) is 13.7 Å². The number of methoxy groups -OCH3 is 1. The van der Waals surface area contributed by atoms with Gasteiger partial charge in [0.1, 0.15) is 0 Å². The number of aryl methyl sites for hydroxylation is 1. The van der Waals surface area contributed by atoms with Crippen molar-refractivity contribution in [3.05, 3.63) is 65.7 Å². The normalized spacial score (nSPS) is 10.7. The van der Waals surface area contributed by atoms with E-state index in [0.717, 1.165) is 24.8 Å². The fraction of sp³-hybridized carbons (Fsp3) is 0.250. The fourth-order valence-electron chi connectivity index (χ4n) is 2.26. The quantitative estimate of drug-likeness (QED) is 0.453. The summed E-state index contributed by atoms with van der Waals surface area (Å²) in [4.78, 5) is 11.7. The number of esters is 1. The molecule has 0 aliphatic carbocycles. The predicted molar refractivity (Wildman–Crippen MR) is 94.0 cm³/mol. The van der Waals surface area contributed by atoms with Crippen molar-refractivity contribution >= 4 is 12.0 Å². The van der Waals surface area contributed by atoms with Crippen molar-refractivity contribution in [2.24, 2.45) is 0 Å². The third-order valence-corrected chi connectivity index (χ3v) is 3.56. The summed E-state index contributed by atoms with van der Waals surface area (Å²) in [5.74, 6) is 0.0591. The van der Waals surface area contributed by atoms with Crippen LogP contribution in [-0.4, -0.2) is 24.8 Å². The summed E-state index contributed by atoms with van der Waals surface area (Å²) >= 11 is 0. The van der Waals surface area contributed by atoms with Crippen molar-refractivity contribution in [3.8, 4) is 11.5 Å². The maximum Gasteiger partial charge on any atom is 0.330 e. The molecule has 2 rings (SSSR count). The van der Waals surface area contributed by atoms with E-state index < -0.39 is 0 Å². The molecule has 0 radical (unpaired) electrons. The van der Waals surface area contributed by atoms with Gasteiger partial charge in [0.2, 0.25) is 0 Å². The number of rotatable bonds is 8. The van der Waals surface area contributed by atoms with Crippen LogP contribution in [-0.2, 0) is 16.0 Å². The van der Waals surface area contributed by atoms with Gasteiger partial charge in [-0.05, 0) is 48.6 Å². The summed E-state index contributed by atoms with van der Waals surface area (Å²) < 4.78 is 10.2. The van der Waals surface area contributed by atoms with Crippen LogP contribution in [0.4, 0.5) is 0 Å². The molecule has 0 spiro atoms. The SMILES string of the molecule is COc1cc(/C=C/C(=O)OCCCCc2ccccc2)ccc1O. The molecule has 1 N–H and O–H groups in total. The Bertz CT molecular complexity index is 677. The van der Waals surface area contributed by atoms with Crippen LogP contribution in [0, 0.1) is 0 Å². The smallest absolute Gasteiger partial charge is 0.330 e. The lowest BCUT2D eigenvalue weighted by atomic mass is 10.1. The zero-order valence-corrected chi connectivity index (χ0v) is 13.8. The fourth-order valence-corrected chi connectivity index (χ4v) is 2.26. The van der Waals surface area contributed by atoms with Crippen LogP contribution in [0.3, 0.4) is 0 Å². The van der Waals surface area contributed by atoms with Crippen LogP contribution in [0.2, 0.25) is 0 Å². The minimum absolute atomic E-state index is 0.0654. The summed E-state index contributed by atoms with van der Waals surface area (Å²) in [5, 5.41) is 9.52. The van der Waals surface area contributed by atoms with Gasteiger partial charge >= 0.3 is 5.97 Å². The second-order valence-corrected chi connectivity index (χ2v) is 5.37. The Labute approximate surface area is 142 Å². The van der Waals surface area contributed by atoms with E-state index in [9.17, 15) is 9.90 Å². The van der Waals surface area contributed by atoms with Gasteiger partial charge in [0.15, 0.2) is 11.5 Å². The second-order valence-electron chi connectivity index (χ2n) is 5.37. The van der Waals surface area contributed by atoms with Crippen LogP contribution >= 0.6 is 0 Å². The zero-order chi connectivity index (χ0) is 17.2. The van der Waals surface area contributed by atoms with Crippen molar-refractivity contribution in [1.82, 2.24) is 0 Å². The Morgan fingerprint density at radius 3 is 2.67 bits per heavy atom. The van der Waals surface area contributed by atoms with Gasteiger partial charge < -0.3 is 14.6 Å². The summed E-state index contributed by atoms with van der Waals surface area (Å²) in [6.07, 6.45) is 5.82. The number of phenolic OH excluding ortho intramolecular Hbond substituents is 1. The molecule has 0 amide bonds. The highest BCUT2D eigenvalue weighted by molar-refractivity contribution is 5.87. The van der Waals surface area contributed by atoms with Gasteiger partial charge in [0.05, 0.1) is 13.7 Å². The number of benzene rings is 2. The molecule has 0 atom stereocenters. The average Bonchev–Trinajstić information content (AvgIpc) is 2.61. The maximum absolute atomic E-state index is 11.7. The number of phenols is 1. The van der Waals surface area contributed by atoms with Crippen LogP contribution in [0.15, 0.2) is 54.6 Å². The van der Waals surface area contributed by atoms with Gasteiger partial charge in [-0.1, -0.05) is 36.4 Å². The van der Waals surface area contributed by atoms with E-state index >= 15 is 0 Å². The number of unbranched alkanes of at least 4 members (excludes halogenated alkanes) is 1. The standard InChI is InChI=1S/C20H22O4/c1-23-19-15-17(10-12-18(19)21)11-13-20(22)24-14-6-5-9-16-7-3-2-4-8-16/h2-4,7-8,10-13,15,21H,5-6,9,14H2,1H3/b13-11+. The Kier molecular flexibility index (Phi) is 6.90. The lowest BCUT2D eigenvalue weighted by Gasteiger charge is -2.04. The number of carbonyl (C=O) groups is 1. The Hall–Kier alpha value is -2.75. The highest BCUT2D eigenvalue weighted by atomic mass is 16.5. The molecule has 126 valence electrons. The molecule has 0 aliphatic rings. The molecule has 24 heavy (non-hydrogen) atoms. The van der Waals surface area contributed by atoms with Crippen molar-refractivity contribution in [3.63, 3.8) is 0 Å². The number of hydrogen-bond acceptors (Lipinski definition) is 4. The van der Waals surface area contributed by atoms with Gasteiger partial charge in [-0.2, -0.15) is 0 Å². The van der Waals surface area contributed by atoms with E-state index in [1.165, 1.54) is 24.8 Å². The molecule has 4 heteroatoms. The molecule has 0 saturated heterocycles. The van der Waals surface area contributed by atoms with Crippen LogP contribution in [0.25, 0.3) is 6.08 Å². The third kappa shape index (κ3) is 5.80. The third-order valence-electron chi connectivity index (χ3n) is 3.56. The molecular weight excluding hydrogens is 304 g/mol. The minimum Gasteiger partial charge on any atom is -0.504 e. The number of hydrogen-bond donors (Lipinski definition) is 1. The van der Waals surface area contributed by atoms with Crippen LogP contribution < -0.4 is 4.74 Å². The van der Waals surface area contributed by atoms with Crippen LogP contribution in [0.5, 0.6) is 11.5 Å². The first-order valence-corrected chi connectivity index (χ1v) is 7.95. The Morgan fingerprint density at radius 2 is 1.92 bits per heavy atom. The summed E-state index contributed by atoms with van der Waals surface area (Å²) in [5.41, 5.74) is 2.05. The van der Waals surface area contributed by atoms with Crippen molar-refractivity contribution in [2.45, 2.75) is 19.3 Å². The van der Waals surface area contributed by atoms with Crippen molar-refractivity contribution in [1.29, 1.82) is 0 Å². The topological polar surface area (TPSA) is 55.8 Å². The highest BCUT2D eigenvalue weighted by Crippen LogP contribution is 2.26. The van der Waals surface area contributed by atoms with Gasteiger partial charge in [-0.3, -0.25) is 0 Å². The van der Waals surface area contributed by atoms with Gasteiger partial charge in [-0.25, -0.2) is 4.79 Å². The molecule has 0 saturated carbocycles. The Balaban J connectivity index is 1.69. The van der Waals surface area contributed by atoms with E-state index in [0.29, 0.717) is 12.4 Å². The number of ether oxygens (including phenoxy) is 2. The maximum atomic E-state index is 11.7. The molecule has 0 aliphatic heterocycles. The van der Waals surface area contributed by atoms with Crippen LogP contribution in [0.1, 0.15) is 24.0 Å². The van der Waals surface area contributed by atoms with E-state index in [1.807, 2.05) is 18.2 Å². The monoisotopic (exact) mass is 326 g/mol. The first-order chi connectivity index (χ1) is 11.7. The highest BCUT2D eigenvalue weighted by Gasteiger charge is 2.02. The minimum atomic E-state index is -0.373. The largest absolute Gasteiger partial charge is 0.504 e. The molecule has 0 bridgehead atoms. The molecular formula is C20H22O4. The van der Waals surface area contributed by atoms with E-state index in [1.54, 1.807) is 18.2 Å². The molecule has 0 aromatic heterocycles. The Morgan fingerprint density at radius 1 is 1.12 bits per heavy atom. The predicted octanol–water partition coefficient (Wildman–Crippen LogP) is 3.98. The van der Waals surface area contributed by atoms with Gasteiger partial charge in [0, 0.05) is 6.08 Å². The molecule has 4 nitrogen and oxygen atoms in total. The first-order valence-electron chi connectivity index (χ1n) is 7.95. The zero-order valence-electron chi connectivity index (χ0n) is 13.8.